The molecule has 0 atom stereocenters. The van der Waals surface area contributed by atoms with Crippen LogP contribution in [0.5, 0.6) is 0 Å². The summed E-state index contributed by atoms with van der Waals surface area (Å²) in [6.07, 6.45) is 2.59. The van der Waals surface area contributed by atoms with Crippen LogP contribution in [0.15, 0.2) is 48.7 Å². The maximum absolute atomic E-state index is 12.3. The molecule has 0 bridgehead atoms. The van der Waals surface area contributed by atoms with Gasteiger partial charge in [-0.05, 0) is 30.7 Å². The molecule has 110 valence electrons. The number of rotatable bonds is 1. The number of nitrogens with zero attached hydrogens (tertiary/aromatic N) is 2. The van der Waals surface area contributed by atoms with Crippen molar-refractivity contribution in [2.24, 2.45) is 5.41 Å². The Labute approximate surface area is 131 Å². The highest BCUT2D eigenvalue weighted by atomic mass is 16.2. The summed E-state index contributed by atoms with van der Waals surface area (Å²) in [5.41, 5.74) is 1.54. The summed E-state index contributed by atoms with van der Waals surface area (Å²) < 4.78 is 0. The normalized spacial score (nSPS) is 16.3. The summed E-state index contributed by atoms with van der Waals surface area (Å²) in [7, 11) is 0. The van der Waals surface area contributed by atoms with Gasteiger partial charge in [0, 0.05) is 29.3 Å². The quantitative estimate of drug-likeness (QED) is 0.755. The smallest absolute Gasteiger partial charge is 0.233 e. The van der Waals surface area contributed by atoms with Gasteiger partial charge in [0.05, 0.1) is 0 Å². The molecule has 22 heavy (non-hydrogen) atoms. The number of carbonyl (C=O) groups is 1. The second-order valence-corrected chi connectivity index (χ2v) is 6.11. The van der Waals surface area contributed by atoms with Crippen LogP contribution in [0, 0.1) is 17.3 Å². The minimum absolute atomic E-state index is 0.142. The van der Waals surface area contributed by atoms with E-state index in [0.717, 1.165) is 24.1 Å². The van der Waals surface area contributed by atoms with Gasteiger partial charge in [0.1, 0.15) is 5.82 Å². The van der Waals surface area contributed by atoms with E-state index in [1.807, 2.05) is 56.3 Å². The van der Waals surface area contributed by atoms with Crippen molar-refractivity contribution < 1.29 is 4.79 Å². The predicted molar refractivity (Wildman–Crippen MR) is 87.4 cm³/mol. The largest absolute Gasteiger partial charge is 0.296 e. The van der Waals surface area contributed by atoms with E-state index in [1.54, 1.807) is 11.1 Å². The van der Waals surface area contributed by atoms with Gasteiger partial charge >= 0.3 is 0 Å². The summed E-state index contributed by atoms with van der Waals surface area (Å²) in [5, 5.41) is 0. The average Bonchev–Trinajstić information content (AvgIpc) is 2.81. The molecule has 0 radical (unpaired) electrons. The minimum atomic E-state index is -0.284. The van der Waals surface area contributed by atoms with Crippen LogP contribution in [-0.2, 0) is 4.79 Å². The lowest BCUT2D eigenvalue weighted by Crippen LogP contribution is -2.31. The number of carbonyl (C=O) groups excluding carboxylic acids is 1. The monoisotopic (exact) mass is 290 g/mol. The Morgan fingerprint density at radius 1 is 1.05 bits per heavy atom. The molecule has 0 aliphatic carbocycles. The average molecular weight is 290 g/mol. The van der Waals surface area contributed by atoms with Crippen molar-refractivity contribution in [2.45, 2.75) is 20.3 Å². The molecule has 1 saturated heterocycles. The van der Waals surface area contributed by atoms with Gasteiger partial charge in [-0.25, -0.2) is 4.98 Å². The van der Waals surface area contributed by atoms with E-state index in [0.29, 0.717) is 5.82 Å². The van der Waals surface area contributed by atoms with Crippen LogP contribution in [0.2, 0.25) is 0 Å². The third-order valence-electron chi connectivity index (χ3n) is 3.93. The molecule has 1 amide bonds. The Balaban J connectivity index is 1.77. The van der Waals surface area contributed by atoms with Gasteiger partial charge in [-0.1, -0.05) is 43.9 Å². The first-order valence-corrected chi connectivity index (χ1v) is 7.41. The maximum atomic E-state index is 12.3. The van der Waals surface area contributed by atoms with E-state index in [-0.39, 0.29) is 11.3 Å². The lowest BCUT2D eigenvalue weighted by Gasteiger charge is -2.18. The summed E-state index contributed by atoms with van der Waals surface area (Å²) in [6.45, 7) is 4.69. The second kappa shape index (κ2) is 5.65. The molecular weight excluding hydrogens is 272 g/mol. The van der Waals surface area contributed by atoms with Gasteiger partial charge in [0.15, 0.2) is 0 Å². The lowest BCUT2D eigenvalue weighted by molar-refractivity contribution is -0.124. The topological polar surface area (TPSA) is 33.2 Å². The Bertz CT molecular complexity index is 736. The van der Waals surface area contributed by atoms with Crippen LogP contribution in [0.25, 0.3) is 0 Å². The predicted octanol–water partition coefficient (Wildman–Crippen LogP) is 3.24. The van der Waals surface area contributed by atoms with Crippen LogP contribution >= 0.6 is 0 Å². The third-order valence-corrected chi connectivity index (χ3v) is 3.93. The van der Waals surface area contributed by atoms with Gasteiger partial charge in [-0.15, -0.1) is 0 Å². The number of aromatic nitrogens is 1. The molecule has 0 unspecified atom stereocenters. The second-order valence-electron chi connectivity index (χ2n) is 6.11. The maximum Gasteiger partial charge on any atom is 0.233 e. The Kier molecular flexibility index (Phi) is 3.68. The van der Waals surface area contributed by atoms with Crippen LogP contribution in [0.1, 0.15) is 31.4 Å². The summed E-state index contributed by atoms with van der Waals surface area (Å²) in [5.74, 6) is 7.04. The Morgan fingerprint density at radius 3 is 2.36 bits per heavy atom. The molecule has 0 N–H and O–H groups in total. The first-order chi connectivity index (χ1) is 10.6. The van der Waals surface area contributed by atoms with E-state index in [2.05, 4.69) is 16.8 Å². The van der Waals surface area contributed by atoms with Gasteiger partial charge in [0.2, 0.25) is 5.91 Å². The summed E-state index contributed by atoms with van der Waals surface area (Å²) in [6, 6.07) is 13.6. The number of pyridine rings is 1. The number of amides is 1. The third kappa shape index (κ3) is 2.87. The minimum Gasteiger partial charge on any atom is -0.296 e. The van der Waals surface area contributed by atoms with Crippen LogP contribution in [0.4, 0.5) is 5.82 Å². The number of anilines is 1. The molecule has 0 spiro atoms. The Hall–Kier alpha value is -2.60. The highest BCUT2D eigenvalue weighted by molar-refractivity contribution is 5.98. The molecule has 1 aromatic heterocycles. The van der Waals surface area contributed by atoms with Gasteiger partial charge in [-0.3, -0.25) is 9.69 Å². The van der Waals surface area contributed by atoms with E-state index in [1.165, 1.54) is 0 Å². The van der Waals surface area contributed by atoms with Crippen LogP contribution < -0.4 is 4.90 Å². The van der Waals surface area contributed by atoms with Crippen LogP contribution in [0.3, 0.4) is 0 Å². The van der Waals surface area contributed by atoms with Crippen LogP contribution in [-0.4, -0.2) is 17.4 Å². The van der Waals surface area contributed by atoms with Crippen molar-refractivity contribution in [1.82, 2.24) is 4.98 Å². The molecule has 1 aromatic carbocycles. The SMILES string of the molecule is CC1(C)CCN(c2ccc(C#Cc3ccccc3)cn2)C1=O. The fourth-order valence-electron chi connectivity index (χ4n) is 2.47. The standard InChI is InChI=1S/C19H18N2O/c1-19(2)12-13-21(18(19)22)17-11-10-16(14-20-17)9-8-15-6-4-3-5-7-15/h3-7,10-11,14H,12-13H2,1-2H3. The summed E-state index contributed by atoms with van der Waals surface area (Å²) >= 11 is 0. The molecule has 1 fully saturated rings. The van der Waals surface area contributed by atoms with E-state index < -0.39 is 0 Å². The highest BCUT2D eigenvalue weighted by Crippen LogP contribution is 2.32. The van der Waals surface area contributed by atoms with E-state index >= 15 is 0 Å². The molecule has 3 heteroatoms. The Morgan fingerprint density at radius 2 is 1.77 bits per heavy atom. The van der Waals surface area contributed by atoms with Crippen molar-refractivity contribution in [3.63, 3.8) is 0 Å². The van der Waals surface area contributed by atoms with E-state index in [9.17, 15) is 4.79 Å². The molecule has 0 saturated carbocycles. The fourth-order valence-corrected chi connectivity index (χ4v) is 2.47. The molecular formula is C19H18N2O. The molecule has 1 aliphatic heterocycles. The zero-order valence-electron chi connectivity index (χ0n) is 12.8. The molecule has 1 aliphatic rings. The van der Waals surface area contributed by atoms with Crippen molar-refractivity contribution in [2.75, 3.05) is 11.4 Å². The highest BCUT2D eigenvalue weighted by Gasteiger charge is 2.39. The van der Waals surface area contributed by atoms with Crippen molar-refractivity contribution in [3.05, 3.63) is 59.8 Å². The molecule has 3 nitrogen and oxygen atoms in total. The zero-order valence-corrected chi connectivity index (χ0v) is 12.8. The number of benzene rings is 1. The molecule has 3 rings (SSSR count). The van der Waals surface area contributed by atoms with Crippen molar-refractivity contribution >= 4 is 11.7 Å². The first-order valence-electron chi connectivity index (χ1n) is 7.41. The molecule has 2 heterocycles. The first kappa shape index (κ1) is 14.3. The van der Waals surface area contributed by atoms with Gasteiger partial charge in [-0.2, -0.15) is 0 Å². The fraction of sp³-hybridized carbons (Fsp3) is 0.263. The van der Waals surface area contributed by atoms with Gasteiger partial charge in [0.25, 0.3) is 0 Å². The molecule has 2 aromatic rings. The van der Waals surface area contributed by atoms with Crippen molar-refractivity contribution in [1.29, 1.82) is 0 Å². The van der Waals surface area contributed by atoms with Gasteiger partial charge < -0.3 is 0 Å². The van der Waals surface area contributed by atoms with E-state index in [4.69, 9.17) is 0 Å². The zero-order chi connectivity index (χ0) is 15.6. The number of hydrogen-bond acceptors (Lipinski definition) is 2. The summed E-state index contributed by atoms with van der Waals surface area (Å²) in [4.78, 5) is 18.4. The van der Waals surface area contributed by atoms with Crippen molar-refractivity contribution in [3.8, 4) is 11.8 Å². The number of hydrogen-bond donors (Lipinski definition) is 0. The lowest BCUT2D eigenvalue weighted by atomic mass is 9.92.